The molecule has 1 aliphatic rings. The summed E-state index contributed by atoms with van der Waals surface area (Å²) in [5.41, 5.74) is 1.23. The molecule has 1 aromatic rings. The van der Waals surface area contributed by atoms with Crippen molar-refractivity contribution in [3.05, 3.63) is 29.8 Å². The van der Waals surface area contributed by atoms with Gasteiger partial charge in [-0.1, -0.05) is 18.6 Å². The highest BCUT2D eigenvalue weighted by atomic mass is 16.5. The second kappa shape index (κ2) is 8.37. The fraction of sp³-hybridized carbons (Fsp3) is 0.647. The van der Waals surface area contributed by atoms with Gasteiger partial charge in [-0.25, -0.2) is 0 Å². The minimum Gasteiger partial charge on any atom is -0.491 e. The van der Waals surface area contributed by atoms with Crippen LogP contribution in [0.1, 0.15) is 31.7 Å². The summed E-state index contributed by atoms with van der Waals surface area (Å²) in [5.74, 6) is 0.884. The first-order valence-corrected chi connectivity index (χ1v) is 7.83. The molecule has 1 aliphatic heterocycles. The highest BCUT2D eigenvalue weighted by Gasteiger charge is 2.26. The minimum absolute atomic E-state index is 0.272. The monoisotopic (exact) mass is 293 g/mol. The molecule has 1 N–H and O–H groups in total. The second-order valence-electron chi connectivity index (χ2n) is 5.76. The van der Waals surface area contributed by atoms with Gasteiger partial charge in [0.05, 0.1) is 12.7 Å². The van der Waals surface area contributed by atoms with Gasteiger partial charge in [0.15, 0.2) is 0 Å². The van der Waals surface area contributed by atoms with Gasteiger partial charge < -0.3 is 14.6 Å². The molecule has 0 saturated carbocycles. The summed E-state index contributed by atoms with van der Waals surface area (Å²) in [5, 5.41) is 9.94. The first-order valence-electron chi connectivity index (χ1n) is 7.83. The third-order valence-electron chi connectivity index (χ3n) is 4.06. The van der Waals surface area contributed by atoms with Gasteiger partial charge in [-0.15, -0.1) is 0 Å². The van der Waals surface area contributed by atoms with Crippen LogP contribution < -0.4 is 4.74 Å². The highest BCUT2D eigenvalue weighted by Crippen LogP contribution is 2.23. The van der Waals surface area contributed by atoms with Gasteiger partial charge in [0.25, 0.3) is 0 Å². The topological polar surface area (TPSA) is 41.9 Å². The van der Waals surface area contributed by atoms with Crippen LogP contribution >= 0.6 is 0 Å². The van der Waals surface area contributed by atoms with Crippen LogP contribution in [-0.2, 0) is 11.3 Å². The summed E-state index contributed by atoms with van der Waals surface area (Å²) in [6, 6.07) is 8.48. The zero-order valence-corrected chi connectivity index (χ0v) is 13.1. The Labute approximate surface area is 127 Å². The first-order chi connectivity index (χ1) is 10.2. The van der Waals surface area contributed by atoms with E-state index in [1.807, 2.05) is 19.1 Å². The van der Waals surface area contributed by atoms with Gasteiger partial charge in [-0.05, 0) is 44.0 Å². The molecule has 0 spiro atoms. The Kier molecular flexibility index (Phi) is 6.49. The molecule has 1 fully saturated rings. The minimum atomic E-state index is -0.272. The maximum absolute atomic E-state index is 9.94. The molecule has 1 heterocycles. The molecule has 4 heteroatoms. The molecule has 0 aromatic heterocycles. The predicted molar refractivity (Wildman–Crippen MR) is 83.5 cm³/mol. The number of methoxy groups -OCH3 is 1. The summed E-state index contributed by atoms with van der Waals surface area (Å²) >= 11 is 0. The van der Waals surface area contributed by atoms with E-state index in [-0.39, 0.29) is 12.1 Å². The van der Waals surface area contributed by atoms with Crippen molar-refractivity contribution < 1.29 is 14.6 Å². The van der Waals surface area contributed by atoms with Crippen molar-refractivity contribution in [2.45, 2.75) is 44.9 Å². The molecular weight excluding hydrogens is 266 g/mol. The number of aliphatic hydroxyl groups is 1. The van der Waals surface area contributed by atoms with E-state index in [1.54, 1.807) is 7.11 Å². The van der Waals surface area contributed by atoms with Gasteiger partial charge in [0, 0.05) is 19.7 Å². The zero-order valence-electron chi connectivity index (χ0n) is 13.1. The van der Waals surface area contributed by atoms with E-state index < -0.39 is 0 Å². The molecule has 0 radical (unpaired) electrons. The van der Waals surface area contributed by atoms with Gasteiger partial charge in [0.2, 0.25) is 0 Å². The summed E-state index contributed by atoms with van der Waals surface area (Å²) in [6.45, 7) is 5.00. The van der Waals surface area contributed by atoms with Crippen LogP contribution in [0.25, 0.3) is 0 Å². The van der Waals surface area contributed by atoms with Crippen LogP contribution in [-0.4, -0.2) is 49.0 Å². The average Bonchev–Trinajstić information content (AvgIpc) is 2.48. The first kappa shape index (κ1) is 16.3. The van der Waals surface area contributed by atoms with Gasteiger partial charge in [-0.2, -0.15) is 0 Å². The van der Waals surface area contributed by atoms with Crippen molar-refractivity contribution in [2.24, 2.45) is 0 Å². The van der Waals surface area contributed by atoms with Gasteiger partial charge >= 0.3 is 0 Å². The number of aliphatic hydroxyl groups excluding tert-OH is 1. The van der Waals surface area contributed by atoms with E-state index in [0.717, 1.165) is 25.3 Å². The van der Waals surface area contributed by atoms with E-state index in [9.17, 15) is 5.11 Å². The SMILES string of the molecule is COCCOc1cccc(CN2CCCCC2C(C)O)c1. The van der Waals surface area contributed by atoms with Crippen molar-refractivity contribution in [1.82, 2.24) is 4.90 Å². The summed E-state index contributed by atoms with van der Waals surface area (Å²) in [4.78, 5) is 2.39. The third-order valence-corrected chi connectivity index (χ3v) is 4.06. The standard InChI is InChI=1S/C17H27NO3/c1-14(19)17-8-3-4-9-18(17)13-15-6-5-7-16(12-15)21-11-10-20-2/h5-7,12,14,17,19H,3-4,8-11,13H2,1-2H3. The number of rotatable bonds is 7. The van der Waals surface area contributed by atoms with E-state index in [0.29, 0.717) is 13.2 Å². The molecule has 2 rings (SSSR count). The normalized spacial score (nSPS) is 21.2. The predicted octanol–water partition coefficient (Wildman–Crippen LogP) is 2.45. The Morgan fingerprint density at radius 2 is 2.19 bits per heavy atom. The lowest BCUT2D eigenvalue weighted by Gasteiger charge is -2.37. The Balaban J connectivity index is 1.96. The smallest absolute Gasteiger partial charge is 0.119 e. The van der Waals surface area contributed by atoms with E-state index in [1.165, 1.54) is 18.4 Å². The van der Waals surface area contributed by atoms with E-state index in [2.05, 4.69) is 17.0 Å². The number of nitrogens with zero attached hydrogens (tertiary/aromatic N) is 1. The molecule has 0 amide bonds. The van der Waals surface area contributed by atoms with Crippen LogP contribution in [0.4, 0.5) is 0 Å². The van der Waals surface area contributed by atoms with Crippen molar-refractivity contribution in [1.29, 1.82) is 0 Å². The van der Waals surface area contributed by atoms with Crippen molar-refractivity contribution in [3.8, 4) is 5.75 Å². The molecule has 4 nitrogen and oxygen atoms in total. The number of benzene rings is 1. The second-order valence-corrected chi connectivity index (χ2v) is 5.76. The average molecular weight is 293 g/mol. The number of piperidine rings is 1. The van der Waals surface area contributed by atoms with Crippen LogP contribution in [0.2, 0.25) is 0 Å². The Hall–Kier alpha value is -1.10. The number of hydrogen-bond donors (Lipinski definition) is 1. The number of likely N-dealkylation sites (tertiary alicyclic amines) is 1. The molecule has 0 bridgehead atoms. The lowest BCUT2D eigenvalue weighted by molar-refractivity contribution is 0.0316. The lowest BCUT2D eigenvalue weighted by atomic mass is 9.97. The molecule has 1 aromatic carbocycles. The molecular formula is C17H27NO3. The molecule has 118 valence electrons. The molecule has 2 atom stereocenters. The van der Waals surface area contributed by atoms with Gasteiger partial charge in [0.1, 0.15) is 12.4 Å². The molecule has 1 saturated heterocycles. The number of hydrogen-bond acceptors (Lipinski definition) is 4. The summed E-state index contributed by atoms with van der Waals surface area (Å²) < 4.78 is 10.7. The largest absolute Gasteiger partial charge is 0.491 e. The zero-order chi connectivity index (χ0) is 15.1. The van der Waals surface area contributed by atoms with Crippen molar-refractivity contribution in [3.63, 3.8) is 0 Å². The highest BCUT2D eigenvalue weighted by molar-refractivity contribution is 5.28. The fourth-order valence-corrected chi connectivity index (χ4v) is 2.97. The summed E-state index contributed by atoms with van der Waals surface area (Å²) in [6.07, 6.45) is 3.24. The number of ether oxygens (including phenoxy) is 2. The Morgan fingerprint density at radius 1 is 1.33 bits per heavy atom. The maximum atomic E-state index is 9.94. The third kappa shape index (κ3) is 4.99. The van der Waals surface area contributed by atoms with Crippen LogP contribution in [0.3, 0.4) is 0 Å². The van der Waals surface area contributed by atoms with Crippen molar-refractivity contribution >= 4 is 0 Å². The van der Waals surface area contributed by atoms with Crippen molar-refractivity contribution in [2.75, 3.05) is 26.9 Å². The molecule has 2 unspecified atom stereocenters. The maximum Gasteiger partial charge on any atom is 0.119 e. The quantitative estimate of drug-likeness (QED) is 0.784. The lowest BCUT2D eigenvalue weighted by Crippen LogP contribution is -2.45. The van der Waals surface area contributed by atoms with E-state index >= 15 is 0 Å². The van der Waals surface area contributed by atoms with Crippen LogP contribution in [0, 0.1) is 0 Å². The van der Waals surface area contributed by atoms with Crippen LogP contribution in [0.15, 0.2) is 24.3 Å². The Bertz CT molecular complexity index is 422. The molecule has 0 aliphatic carbocycles. The Morgan fingerprint density at radius 3 is 2.95 bits per heavy atom. The molecule has 21 heavy (non-hydrogen) atoms. The van der Waals surface area contributed by atoms with E-state index in [4.69, 9.17) is 9.47 Å². The summed E-state index contributed by atoms with van der Waals surface area (Å²) in [7, 11) is 1.67. The van der Waals surface area contributed by atoms with Crippen LogP contribution in [0.5, 0.6) is 5.75 Å². The van der Waals surface area contributed by atoms with Gasteiger partial charge in [-0.3, -0.25) is 4.90 Å². The fourth-order valence-electron chi connectivity index (χ4n) is 2.97.